The summed E-state index contributed by atoms with van der Waals surface area (Å²) < 4.78 is 4.93. The molecule has 26 heavy (non-hydrogen) atoms. The summed E-state index contributed by atoms with van der Waals surface area (Å²) in [6.45, 7) is 0. The maximum Gasteiger partial charge on any atom is 0.311 e. The van der Waals surface area contributed by atoms with Crippen molar-refractivity contribution in [1.82, 2.24) is 4.98 Å². The number of nitro benzene ring substituents is 1. The SMILES string of the molecule is COc1ccc(C(=O)Nc2nc(-c3ccc(Cl)cc3)cs2)cc1[N+](=O)[O-]. The number of rotatable bonds is 5. The van der Waals surface area contributed by atoms with Gasteiger partial charge in [-0.2, -0.15) is 0 Å². The molecule has 132 valence electrons. The molecule has 2 aromatic carbocycles. The number of amides is 1. The standard InChI is InChI=1S/C17H12ClN3O4S/c1-25-15-7-4-11(8-14(15)21(23)24)16(22)20-17-19-13(9-26-17)10-2-5-12(18)6-3-10/h2-9H,1H3,(H,19,20,22). The van der Waals surface area contributed by atoms with E-state index in [1.165, 1.54) is 36.6 Å². The first-order chi connectivity index (χ1) is 12.5. The molecule has 1 N–H and O–H groups in total. The smallest absolute Gasteiger partial charge is 0.311 e. The fraction of sp³-hybridized carbons (Fsp3) is 0.0588. The largest absolute Gasteiger partial charge is 0.490 e. The molecule has 0 aliphatic carbocycles. The highest BCUT2D eigenvalue weighted by atomic mass is 35.5. The topological polar surface area (TPSA) is 94.4 Å². The predicted octanol–water partition coefficient (Wildman–Crippen LogP) is 4.63. The number of nitrogens with zero attached hydrogens (tertiary/aromatic N) is 2. The number of hydrogen-bond donors (Lipinski definition) is 1. The van der Waals surface area contributed by atoms with Crippen molar-refractivity contribution in [3.63, 3.8) is 0 Å². The van der Waals surface area contributed by atoms with Gasteiger partial charge in [-0.3, -0.25) is 20.2 Å². The third kappa shape index (κ3) is 3.81. The number of benzene rings is 2. The zero-order valence-corrected chi connectivity index (χ0v) is 15.0. The summed E-state index contributed by atoms with van der Waals surface area (Å²) in [5.41, 5.74) is 1.43. The Balaban J connectivity index is 1.79. The molecule has 0 unspecified atom stereocenters. The monoisotopic (exact) mass is 389 g/mol. The lowest BCUT2D eigenvalue weighted by atomic mass is 10.1. The minimum absolute atomic E-state index is 0.0887. The van der Waals surface area contributed by atoms with Crippen LogP contribution in [0.3, 0.4) is 0 Å². The molecule has 0 atom stereocenters. The molecule has 0 aliphatic rings. The molecule has 3 rings (SSSR count). The fourth-order valence-electron chi connectivity index (χ4n) is 2.23. The van der Waals surface area contributed by atoms with Crippen molar-refractivity contribution >= 4 is 39.7 Å². The first-order valence-electron chi connectivity index (χ1n) is 7.33. The van der Waals surface area contributed by atoms with Crippen LogP contribution in [0.15, 0.2) is 47.8 Å². The Kier molecular flexibility index (Phi) is 5.15. The molecule has 0 spiro atoms. The van der Waals surface area contributed by atoms with Gasteiger partial charge in [0.1, 0.15) is 0 Å². The third-order valence-electron chi connectivity index (χ3n) is 3.50. The normalized spacial score (nSPS) is 10.4. The highest BCUT2D eigenvalue weighted by Crippen LogP contribution is 2.29. The van der Waals surface area contributed by atoms with Gasteiger partial charge in [0.25, 0.3) is 5.91 Å². The Bertz CT molecular complexity index is 972. The number of nitrogens with one attached hydrogen (secondary N) is 1. The van der Waals surface area contributed by atoms with Crippen LogP contribution in [0.25, 0.3) is 11.3 Å². The van der Waals surface area contributed by atoms with Gasteiger partial charge in [0, 0.05) is 27.6 Å². The number of anilines is 1. The molecule has 0 aliphatic heterocycles. The van der Waals surface area contributed by atoms with Gasteiger partial charge < -0.3 is 4.74 Å². The minimum Gasteiger partial charge on any atom is -0.490 e. The molecule has 0 bridgehead atoms. The lowest BCUT2D eigenvalue weighted by Crippen LogP contribution is -2.12. The van der Waals surface area contributed by atoms with E-state index in [0.29, 0.717) is 15.8 Å². The molecule has 1 heterocycles. The van der Waals surface area contributed by atoms with E-state index in [0.717, 1.165) is 5.56 Å². The number of carbonyl (C=O) groups excluding carboxylic acids is 1. The highest BCUT2D eigenvalue weighted by molar-refractivity contribution is 7.14. The molecule has 0 fully saturated rings. The van der Waals surface area contributed by atoms with Crippen LogP contribution in [0.2, 0.25) is 5.02 Å². The van der Waals surface area contributed by atoms with Crippen LogP contribution >= 0.6 is 22.9 Å². The van der Waals surface area contributed by atoms with Crippen molar-refractivity contribution in [2.24, 2.45) is 0 Å². The van der Waals surface area contributed by atoms with Crippen LogP contribution in [-0.2, 0) is 0 Å². The Labute approximate surface area is 157 Å². The summed E-state index contributed by atoms with van der Waals surface area (Å²) in [6, 6.07) is 11.2. The lowest BCUT2D eigenvalue weighted by Gasteiger charge is -2.05. The van der Waals surface area contributed by atoms with Gasteiger partial charge in [-0.25, -0.2) is 4.98 Å². The van der Waals surface area contributed by atoms with Crippen LogP contribution in [0.4, 0.5) is 10.8 Å². The quantitative estimate of drug-likeness (QED) is 0.507. The third-order valence-corrected chi connectivity index (χ3v) is 4.51. The zero-order chi connectivity index (χ0) is 18.7. The van der Waals surface area contributed by atoms with Crippen LogP contribution in [0.1, 0.15) is 10.4 Å². The van der Waals surface area contributed by atoms with Gasteiger partial charge in [0.2, 0.25) is 0 Å². The Morgan fingerprint density at radius 2 is 2.00 bits per heavy atom. The van der Waals surface area contributed by atoms with Crippen molar-refractivity contribution in [1.29, 1.82) is 0 Å². The second-order valence-corrected chi connectivity index (χ2v) is 6.44. The number of hydrogen-bond acceptors (Lipinski definition) is 6. The second kappa shape index (κ2) is 7.51. The van der Waals surface area contributed by atoms with Crippen LogP contribution in [0.5, 0.6) is 5.75 Å². The molecule has 0 saturated heterocycles. The predicted molar refractivity (Wildman–Crippen MR) is 100 cm³/mol. The highest BCUT2D eigenvalue weighted by Gasteiger charge is 2.19. The molecular weight excluding hydrogens is 378 g/mol. The fourth-order valence-corrected chi connectivity index (χ4v) is 3.07. The van der Waals surface area contributed by atoms with E-state index < -0.39 is 10.8 Å². The molecule has 0 saturated carbocycles. The maximum atomic E-state index is 12.4. The summed E-state index contributed by atoms with van der Waals surface area (Å²) in [4.78, 5) is 27.2. The minimum atomic E-state index is -0.600. The molecule has 7 nitrogen and oxygen atoms in total. The van der Waals surface area contributed by atoms with Crippen LogP contribution in [0, 0.1) is 10.1 Å². The van der Waals surface area contributed by atoms with E-state index in [1.54, 1.807) is 17.5 Å². The summed E-state index contributed by atoms with van der Waals surface area (Å²) >= 11 is 7.12. The van der Waals surface area contributed by atoms with Gasteiger partial charge >= 0.3 is 5.69 Å². The van der Waals surface area contributed by atoms with Crippen molar-refractivity contribution in [2.75, 3.05) is 12.4 Å². The van der Waals surface area contributed by atoms with Crippen LogP contribution < -0.4 is 10.1 Å². The number of ether oxygens (including phenoxy) is 1. The Morgan fingerprint density at radius 3 is 2.65 bits per heavy atom. The summed E-state index contributed by atoms with van der Waals surface area (Å²) in [5, 5.41) is 16.5. The molecule has 0 radical (unpaired) electrons. The number of aromatic nitrogens is 1. The maximum absolute atomic E-state index is 12.4. The van der Waals surface area contributed by atoms with E-state index >= 15 is 0 Å². The number of methoxy groups -OCH3 is 1. The summed E-state index contributed by atoms with van der Waals surface area (Å²) in [5.74, 6) is -0.404. The number of thiazole rings is 1. The summed E-state index contributed by atoms with van der Waals surface area (Å²) in [7, 11) is 1.33. The van der Waals surface area contributed by atoms with Crippen molar-refractivity contribution in [3.8, 4) is 17.0 Å². The van der Waals surface area contributed by atoms with E-state index in [9.17, 15) is 14.9 Å². The molecule has 3 aromatic rings. The number of carbonyl (C=O) groups is 1. The van der Waals surface area contributed by atoms with E-state index in [4.69, 9.17) is 16.3 Å². The van der Waals surface area contributed by atoms with Gasteiger partial charge in [-0.1, -0.05) is 23.7 Å². The van der Waals surface area contributed by atoms with Crippen molar-refractivity contribution < 1.29 is 14.5 Å². The number of nitro groups is 1. The van der Waals surface area contributed by atoms with Gasteiger partial charge in [-0.05, 0) is 24.3 Å². The van der Waals surface area contributed by atoms with E-state index in [-0.39, 0.29) is 17.0 Å². The van der Waals surface area contributed by atoms with Gasteiger partial charge in [0.15, 0.2) is 10.9 Å². The van der Waals surface area contributed by atoms with Crippen molar-refractivity contribution in [3.05, 3.63) is 68.5 Å². The first kappa shape index (κ1) is 17.8. The molecule has 1 aromatic heterocycles. The zero-order valence-electron chi connectivity index (χ0n) is 13.4. The Hall–Kier alpha value is -2.97. The van der Waals surface area contributed by atoms with Gasteiger partial charge in [-0.15, -0.1) is 11.3 Å². The number of halogens is 1. The molecular formula is C17H12ClN3O4S. The summed E-state index contributed by atoms with van der Waals surface area (Å²) in [6.07, 6.45) is 0. The Morgan fingerprint density at radius 1 is 1.27 bits per heavy atom. The van der Waals surface area contributed by atoms with E-state index in [1.807, 2.05) is 12.1 Å². The lowest BCUT2D eigenvalue weighted by molar-refractivity contribution is -0.385. The molecule has 9 heteroatoms. The average molecular weight is 390 g/mol. The first-order valence-corrected chi connectivity index (χ1v) is 8.59. The van der Waals surface area contributed by atoms with Crippen LogP contribution in [-0.4, -0.2) is 22.9 Å². The molecule has 1 amide bonds. The van der Waals surface area contributed by atoms with Crippen molar-refractivity contribution in [2.45, 2.75) is 0 Å². The second-order valence-electron chi connectivity index (χ2n) is 5.14. The van der Waals surface area contributed by atoms with E-state index in [2.05, 4.69) is 10.3 Å². The van der Waals surface area contributed by atoms with Gasteiger partial charge in [0.05, 0.1) is 17.7 Å². The average Bonchev–Trinajstić information content (AvgIpc) is 3.10.